The summed E-state index contributed by atoms with van der Waals surface area (Å²) >= 11 is 0. The first-order valence-electron chi connectivity index (χ1n) is 5.86. The van der Waals surface area contributed by atoms with Crippen molar-refractivity contribution in [1.29, 1.82) is 0 Å². The van der Waals surface area contributed by atoms with Crippen LogP contribution in [-0.4, -0.2) is 49.2 Å². The summed E-state index contributed by atoms with van der Waals surface area (Å²) in [7, 11) is 0. The zero-order valence-corrected chi connectivity index (χ0v) is 9.37. The molecule has 0 aromatic heterocycles. The Morgan fingerprint density at radius 2 is 2.07 bits per heavy atom. The smallest absolute Gasteiger partial charge is 0.105 e. The summed E-state index contributed by atoms with van der Waals surface area (Å²) in [6.45, 7) is 4.93. The zero-order valence-electron chi connectivity index (χ0n) is 9.37. The molecule has 0 bridgehead atoms. The van der Waals surface area contributed by atoms with Gasteiger partial charge in [0.1, 0.15) is 5.60 Å². The highest BCUT2D eigenvalue weighted by Gasteiger charge is 2.39. The van der Waals surface area contributed by atoms with Gasteiger partial charge in [-0.05, 0) is 19.8 Å². The molecule has 0 radical (unpaired) electrons. The topological polar surface area (TPSA) is 50.7 Å². The highest BCUT2D eigenvalue weighted by atomic mass is 16.5. The van der Waals surface area contributed by atoms with Crippen molar-refractivity contribution in [3.63, 3.8) is 0 Å². The Labute approximate surface area is 90.9 Å². The molecule has 0 aromatic carbocycles. The Morgan fingerprint density at radius 1 is 1.33 bits per heavy atom. The van der Waals surface area contributed by atoms with Crippen molar-refractivity contribution in [3.8, 4) is 0 Å². The van der Waals surface area contributed by atoms with Crippen LogP contribution in [0.1, 0.15) is 26.2 Å². The summed E-state index contributed by atoms with van der Waals surface area (Å²) in [4.78, 5) is 0. The second-order valence-electron chi connectivity index (χ2n) is 4.63. The third-order valence-electron chi connectivity index (χ3n) is 3.58. The number of ether oxygens (including phenoxy) is 2. The van der Waals surface area contributed by atoms with Gasteiger partial charge in [-0.15, -0.1) is 0 Å². The van der Waals surface area contributed by atoms with Crippen LogP contribution >= 0.6 is 0 Å². The first kappa shape index (κ1) is 11.3. The molecule has 2 saturated heterocycles. The summed E-state index contributed by atoms with van der Waals surface area (Å²) in [6.07, 6.45) is 2.78. The van der Waals surface area contributed by atoms with E-state index in [1.165, 1.54) is 0 Å². The van der Waals surface area contributed by atoms with E-state index < -0.39 is 5.60 Å². The van der Waals surface area contributed by atoms with Crippen molar-refractivity contribution in [2.24, 2.45) is 0 Å². The first-order valence-corrected chi connectivity index (χ1v) is 5.86. The summed E-state index contributed by atoms with van der Waals surface area (Å²) < 4.78 is 10.7. The lowest BCUT2D eigenvalue weighted by Crippen LogP contribution is -2.49. The van der Waals surface area contributed by atoms with Gasteiger partial charge in [0.2, 0.25) is 0 Å². The van der Waals surface area contributed by atoms with E-state index >= 15 is 0 Å². The summed E-state index contributed by atoms with van der Waals surface area (Å²) in [5, 5.41) is 13.7. The molecule has 2 fully saturated rings. The standard InChI is InChI=1S/C11H21NO3/c1-9-11(13,4-7-15-9)8-12-10-2-5-14-6-3-10/h9-10,12-13H,2-8H2,1H3. The molecule has 0 saturated carbocycles. The van der Waals surface area contributed by atoms with Crippen molar-refractivity contribution in [2.75, 3.05) is 26.4 Å². The molecule has 2 aliphatic rings. The second kappa shape index (κ2) is 4.78. The quantitative estimate of drug-likeness (QED) is 0.710. The highest BCUT2D eigenvalue weighted by molar-refractivity contribution is 4.92. The van der Waals surface area contributed by atoms with Gasteiger partial charge in [0.15, 0.2) is 0 Å². The van der Waals surface area contributed by atoms with Gasteiger partial charge >= 0.3 is 0 Å². The minimum Gasteiger partial charge on any atom is -0.386 e. The molecule has 2 unspecified atom stereocenters. The fourth-order valence-electron chi connectivity index (χ4n) is 2.23. The predicted molar refractivity (Wildman–Crippen MR) is 56.8 cm³/mol. The lowest BCUT2D eigenvalue weighted by atomic mass is 9.96. The minimum atomic E-state index is -0.668. The fourth-order valence-corrected chi connectivity index (χ4v) is 2.23. The number of aliphatic hydroxyl groups is 1. The molecular formula is C11H21NO3. The van der Waals surface area contributed by atoms with Crippen LogP contribution in [-0.2, 0) is 9.47 Å². The number of nitrogens with one attached hydrogen (secondary N) is 1. The Kier molecular flexibility index (Phi) is 3.61. The lowest BCUT2D eigenvalue weighted by molar-refractivity contribution is -0.0304. The number of rotatable bonds is 3. The van der Waals surface area contributed by atoms with E-state index in [-0.39, 0.29) is 6.10 Å². The van der Waals surface area contributed by atoms with Crippen molar-refractivity contribution < 1.29 is 14.6 Å². The summed E-state index contributed by atoms with van der Waals surface area (Å²) in [6, 6.07) is 0.496. The Balaban J connectivity index is 1.76. The third kappa shape index (κ3) is 2.69. The van der Waals surface area contributed by atoms with Crippen molar-refractivity contribution in [2.45, 2.75) is 43.9 Å². The van der Waals surface area contributed by atoms with Crippen LogP contribution in [0.4, 0.5) is 0 Å². The maximum Gasteiger partial charge on any atom is 0.105 e. The minimum absolute atomic E-state index is 0.0511. The van der Waals surface area contributed by atoms with E-state index in [0.29, 0.717) is 19.2 Å². The molecular weight excluding hydrogens is 194 g/mol. The predicted octanol–water partition coefficient (Wildman–Crippen LogP) is 0.295. The number of hydrogen-bond acceptors (Lipinski definition) is 4. The Bertz CT molecular complexity index is 206. The maximum atomic E-state index is 10.3. The monoisotopic (exact) mass is 215 g/mol. The van der Waals surface area contributed by atoms with E-state index in [1.54, 1.807) is 0 Å². The van der Waals surface area contributed by atoms with Crippen LogP contribution in [0.15, 0.2) is 0 Å². The van der Waals surface area contributed by atoms with Crippen LogP contribution in [0.25, 0.3) is 0 Å². The fraction of sp³-hybridized carbons (Fsp3) is 1.00. The SMILES string of the molecule is CC1OCCC1(O)CNC1CCOCC1. The molecule has 15 heavy (non-hydrogen) atoms. The van der Waals surface area contributed by atoms with Gasteiger partial charge in [-0.25, -0.2) is 0 Å². The molecule has 0 aromatic rings. The molecule has 0 spiro atoms. The molecule has 2 heterocycles. The van der Waals surface area contributed by atoms with Crippen molar-refractivity contribution >= 4 is 0 Å². The first-order chi connectivity index (χ1) is 7.21. The average Bonchev–Trinajstić information content (AvgIpc) is 2.59. The number of hydrogen-bond donors (Lipinski definition) is 2. The van der Waals surface area contributed by atoms with Gasteiger partial charge in [0.25, 0.3) is 0 Å². The summed E-state index contributed by atoms with van der Waals surface area (Å²) in [5.41, 5.74) is -0.668. The van der Waals surface area contributed by atoms with E-state index in [1.807, 2.05) is 6.92 Å². The molecule has 2 N–H and O–H groups in total. The average molecular weight is 215 g/mol. The van der Waals surface area contributed by atoms with Crippen molar-refractivity contribution in [1.82, 2.24) is 5.32 Å². The van der Waals surface area contributed by atoms with Gasteiger partial charge < -0.3 is 19.9 Å². The van der Waals surface area contributed by atoms with Crippen LogP contribution < -0.4 is 5.32 Å². The third-order valence-corrected chi connectivity index (χ3v) is 3.58. The normalized spacial score (nSPS) is 38.4. The van der Waals surface area contributed by atoms with Gasteiger partial charge in [0.05, 0.1) is 6.10 Å². The van der Waals surface area contributed by atoms with Gasteiger partial charge in [0, 0.05) is 38.8 Å². The van der Waals surface area contributed by atoms with E-state index in [0.717, 1.165) is 32.5 Å². The van der Waals surface area contributed by atoms with E-state index in [4.69, 9.17) is 9.47 Å². The van der Waals surface area contributed by atoms with E-state index in [2.05, 4.69) is 5.32 Å². The molecule has 2 rings (SSSR count). The zero-order chi connectivity index (χ0) is 10.7. The Morgan fingerprint density at radius 3 is 2.67 bits per heavy atom. The van der Waals surface area contributed by atoms with Crippen LogP contribution in [0.3, 0.4) is 0 Å². The molecule has 0 amide bonds. The molecule has 88 valence electrons. The van der Waals surface area contributed by atoms with Gasteiger partial charge in [-0.2, -0.15) is 0 Å². The molecule has 4 heteroatoms. The Hall–Kier alpha value is -0.160. The molecule has 2 atom stereocenters. The highest BCUT2D eigenvalue weighted by Crippen LogP contribution is 2.25. The summed E-state index contributed by atoms with van der Waals surface area (Å²) in [5.74, 6) is 0. The molecule has 0 aliphatic carbocycles. The largest absolute Gasteiger partial charge is 0.386 e. The van der Waals surface area contributed by atoms with E-state index in [9.17, 15) is 5.11 Å². The van der Waals surface area contributed by atoms with Crippen molar-refractivity contribution in [3.05, 3.63) is 0 Å². The van der Waals surface area contributed by atoms with Gasteiger partial charge in [-0.1, -0.05) is 0 Å². The maximum absolute atomic E-state index is 10.3. The lowest BCUT2D eigenvalue weighted by Gasteiger charge is -2.30. The van der Waals surface area contributed by atoms with Crippen LogP contribution in [0, 0.1) is 0 Å². The second-order valence-corrected chi connectivity index (χ2v) is 4.63. The molecule has 2 aliphatic heterocycles. The van der Waals surface area contributed by atoms with Crippen LogP contribution in [0.5, 0.6) is 0 Å². The van der Waals surface area contributed by atoms with Gasteiger partial charge in [-0.3, -0.25) is 0 Å². The molecule has 4 nitrogen and oxygen atoms in total. The van der Waals surface area contributed by atoms with Crippen LogP contribution in [0.2, 0.25) is 0 Å².